The monoisotopic (exact) mass is 328 g/mol. The topological polar surface area (TPSA) is 69.2 Å². The molecule has 2 rings (SSSR count). The molecule has 0 fully saturated rings. The Labute approximate surface area is 113 Å². The van der Waals surface area contributed by atoms with Crippen LogP contribution >= 0.6 is 15.9 Å². The van der Waals surface area contributed by atoms with Crippen LogP contribution in [0.15, 0.2) is 46.3 Å². The molecular formula is C11H9BrN2O3S. The summed E-state index contributed by atoms with van der Waals surface area (Å²) in [5, 5.41) is -0.217. The average molecular weight is 329 g/mol. The summed E-state index contributed by atoms with van der Waals surface area (Å²) < 4.78 is 28.7. The van der Waals surface area contributed by atoms with Crippen molar-refractivity contribution in [3.8, 4) is 11.5 Å². The van der Waals surface area contributed by atoms with Crippen molar-refractivity contribution in [2.24, 2.45) is 0 Å². The molecule has 5 nitrogen and oxygen atoms in total. The van der Waals surface area contributed by atoms with E-state index in [1.807, 2.05) is 12.1 Å². The second-order valence-electron chi connectivity index (χ2n) is 3.53. The predicted octanol–water partition coefficient (Wildman–Crippen LogP) is 2.43. The Balaban J connectivity index is 2.18. The first-order valence-electron chi connectivity index (χ1n) is 4.91. The molecule has 7 heteroatoms. The quantitative estimate of drug-likeness (QED) is 0.809. The van der Waals surface area contributed by atoms with Crippen molar-refractivity contribution in [1.29, 1.82) is 0 Å². The normalized spacial score (nSPS) is 11.2. The van der Waals surface area contributed by atoms with Gasteiger partial charge in [0.25, 0.3) is 0 Å². The van der Waals surface area contributed by atoms with Gasteiger partial charge in [-0.15, -0.1) is 0 Å². The highest BCUT2D eigenvalue weighted by Gasteiger charge is 2.10. The van der Waals surface area contributed by atoms with Gasteiger partial charge in [-0.2, -0.15) is 0 Å². The highest BCUT2D eigenvalue weighted by molar-refractivity contribution is 9.10. The molecule has 1 aromatic carbocycles. The Bertz CT molecular complexity index is 639. The molecule has 0 N–H and O–H groups in total. The van der Waals surface area contributed by atoms with E-state index in [0.717, 1.165) is 10.7 Å². The molecule has 0 saturated carbocycles. The zero-order valence-corrected chi connectivity index (χ0v) is 11.8. The molecule has 2 aromatic rings. The van der Waals surface area contributed by atoms with Crippen molar-refractivity contribution in [2.75, 3.05) is 6.26 Å². The van der Waals surface area contributed by atoms with Gasteiger partial charge in [0.15, 0.2) is 5.75 Å². The van der Waals surface area contributed by atoms with E-state index in [9.17, 15) is 8.42 Å². The van der Waals surface area contributed by atoms with Crippen molar-refractivity contribution < 1.29 is 13.2 Å². The molecule has 0 amide bonds. The van der Waals surface area contributed by atoms with E-state index in [2.05, 4.69) is 25.9 Å². The summed E-state index contributed by atoms with van der Waals surface area (Å²) in [4.78, 5) is 7.46. The lowest BCUT2D eigenvalue weighted by Gasteiger charge is -2.05. The van der Waals surface area contributed by atoms with Gasteiger partial charge in [-0.05, 0) is 24.3 Å². The second-order valence-corrected chi connectivity index (χ2v) is 6.35. The van der Waals surface area contributed by atoms with Crippen LogP contribution in [0.5, 0.6) is 11.5 Å². The second kappa shape index (κ2) is 5.03. The van der Waals surface area contributed by atoms with Crippen LogP contribution in [0.2, 0.25) is 0 Å². The molecule has 1 aromatic heterocycles. The molecule has 0 aliphatic rings. The number of sulfone groups is 1. The maximum atomic E-state index is 11.2. The first-order valence-corrected chi connectivity index (χ1v) is 7.59. The number of hydrogen-bond acceptors (Lipinski definition) is 5. The van der Waals surface area contributed by atoms with Crippen LogP contribution in [0, 0.1) is 0 Å². The summed E-state index contributed by atoms with van der Waals surface area (Å²) in [5.41, 5.74) is 0. The molecule has 18 heavy (non-hydrogen) atoms. The van der Waals surface area contributed by atoms with Gasteiger partial charge in [0.2, 0.25) is 15.0 Å². The minimum atomic E-state index is -3.38. The third kappa shape index (κ3) is 3.27. The fourth-order valence-corrected chi connectivity index (χ4v) is 1.94. The van der Waals surface area contributed by atoms with Gasteiger partial charge in [-0.25, -0.2) is 18.4 Å². The number of nitrogens with zero attached hydrogens (tertiary/aromatic N) is 2. The average Bonchev–Trinajstić information content (AvgIpc) is 2.32. The summed E-state index contributed by atoms with van der Waals surface area (Å²) in [5.74, 6) is 0.999. The van der Waals surface area contributed by atoms with Crippen molar-refractivity contribution in [1.82, 2.24) is 9.97 Å². The van der Waals surface area contributed by atoms with E-state index in [4.69, 9.17) is 4.74 Å². The standard InChI is InChI=1S/C11H9BrN2O3S/c1-18(15,16)11-13-6-10(7-14-11)17-9-4-2-8(12)3-5-9/h2-7H,1H3. The lowest BCUT2D eigenvalue weighted by Crippen LogP contribution is -2.03. The van der Waals surface area contributed by atoms with Crippen molar-refractivity contribution in [3.05, 3.63) is 41.1 Å². The first kappa shape index (κ1) is 13.0. The minimum absolute atomic E-state index is 0.217. The van der Waals surface area contributed by atoms with E-state index < -0.39 is 9.84 Å². The number of aromatic nitrogens is 2. The van der Waals surface area contributed by atoms with Gasteiger partial charge >= 0.3 is 0 Å². The summed E-state index contributed by atoms with van der Waals surface area (Å²) >= 11 is 3.32. The number of ether oxygens (including phenoxy) is 1. The van der Waals surface area contributed by atoms with Crippen molar-refractivity contribution in [3.63, 3.8) is 0 Å². The smallest absolute Gasteiger partial charge is 0.246 e. The molecule has 0 atom stereocenters. The van der Waals surface area contributed by atoms with E-state index >= 15 is 0 Å². The molecular weight excluding hydrogens is 320 g/mol. The highest BCUT2D eigenvalue weighted by Crippen LogP contribution is 2.22. The van der Waals surface area contributed by atoms with E-state index in [-0.39, 0.29) is 5.16 Å². The molecule has 94 valence electrons. The minimum Gasteiger partial charge on any atom is -0.454 e. The van der Waals surface area contributed by atoms with E-state index in [1.54, 1.807) is 12.1 Å². The zero-order valence-electron chi connectivity index (χ0n) is 9.37. The fraction of sp³-hybridized carbons (Fsp3) is 0.0909. The van der Waals surface area contributed by atoms with Gasteiger partial charge in [-0.3, -0.25) is 0 Å². The van der Waals surface area contributed by atoms with Crippen LogP contribution in [0.4, 0.5) is 0 Å². The highest BCUT2D eigenvalue weighted by atomic mass is 79.9. The molecule has 0 saturated heterocycles. The van der Waals surface area contributed by atoms with Gasteiger partial charge in [0, 0.05) is 10.7 Å². The van der Waals surface area contributed by atoms with Gasteiger partial charge in [0.1, 0.15) is 5.75 Å². The Morgan fingerprint density at radius 1 is 1.06 bits per heavy atom. The van der Waals surface area contributed by atoms with Crippen LogP contribution in [-0.2, 0) is 9.84 Å². The van der Waals surface area contributed by atoms with Gasteiger partial charge in [0.05, 0.1) is 12.4 Å². The summed E-state index contributed by atoms with van der Waals surface area (Å²) in [6, 6.07) is 7.21. The SMILES string of the molecule is CS(=O)(=O)c1ncc(Oc2ccc(Br)cc2)cn1. The molecule has 0 radical (unpaired) electrons. The summed E-state index contributed by atoms with van der Waals surface area (Å²) in [7, 11) is -3.38. The zero-order chi connectivity index (χ0) is 13.2. The van der Waals surface area contributed by atoms with E-state index in [0.29, 0.717) is 11.5 Å². The van der Waals surface area contributed by atoms with Crippen LogP contribution in [0.25, 0.3) is 0 Å². The maximum Gasteiger partial charge on any atom is 0.246 e. The summed E-state index contributed by atoms with van der Waals surface area (Å²) in [6.45, 7) is 0. The van der Waals surface area contributed by atoms with E-state index in [1.165, 1.54) is 12.4 Å². The maximum absolute atomic E-state index is 11.2. The molecule has 0 spiro atoms. The fourth-order valence-electron chi connectivity index (χ4n) is 1.19. The first-order chi connectivity index (χ1) is 8.45. The predicted molar refractivity (Wildman–Crippen MR) is 69.4 cm³/mol. The van der Waals surface area contributed by atoms with Crippen LogP contribution in [-0.4, -0.2) is 24.6 Å². The number of hydrogen-bond donors (Lipinski definition) is 0. The third-order valence-corrected chi connectivity index (χ3v) is 3.39. The molecule has 1 heterocycles. The van der Waals surface area contributed by atoms with Crippen molar-refractivity contribution in [2.45, 2.75) is 5.16 Å². The van der Waals surface area contributed by atoms with Crippen molar-refractivity contribution >= 4 is 25.8 Å². The number of benzene rings is 1. The molecule has 0 bridgehead atoms. The Morgan fingerprint density at radius 2 is 1.61 bits per heavy atom. The van der Waals surface area contributed by atoms with Gasteiger partial charge < -0.3 is 4.74 Å². The number of halogens is 1. The van der Waals surface area contributed by atoms with Gasteiger partial charge in [-0.1, -0.05) is 15.9 Å². The molecule has 0 unspecified atom stereocenters. The largest absolute Gasteiger partial charge is 0.454 e. The molecule has 0 aliphatic carbocycles. The Kier molecular flexibility index (Phi) is 3.63. The van der Waals surface area contributed by atoms with Crippen LogP contribution < -0.4 is 4.74 Å². The third-order valence-electron chi connectivity index (χ3n) is 1.99. The lowest BCUT2D eigenvalue weighted by molar-refractivity contribution is 0.474. The summed E-state index contributed by atoms with van der Waals surface area (Å²) in [6.07, 6.45) is 3.70. The van der Waals surface area contributed by atoms with Crippen LogP contribution in [0.1, 0.15) is 0 Å². The van der Waals surface area contributed by atoms with Crippen LogP contribution in [0.3, 0.4) is 0 Å². The Morgan fingerprint density at radius 3 is 2.11 bits per heavy atom. The molecule has 0 aliphatic heterocycles. The lowest BCUT2D eigenvalue weighted by atomic mass is 10.3. The Hall–Kier alpha value is -1.47. The number of rotatable bonds is 3.